The second-order valence-electron chi connectivity index (χ2n) is 3.86. The monoisotopic (exact) mass is 177 g/mol. The Bertz CT molecular complexity index is 269. The van der Waals surface area contributed by atoms with Crippen molar-refractivity contribution in [2.24, 2.45) is 22.9 Å². The summed E-state index contributed by atoms with van der Waals surface area (Å²) in [6, 6.07) is 0. The number of fused-ring (bicyclic) bond motifs is 1. The van der Waals surface area contributed by atoms with Gasteiger partial charge in [-0.1, -0.05) is 17.3 Å². The molecule has 2 aliphatic rings. The van der Waals surface area contributed by atoms with E-state index >= 15 is 0 Å². The standard InChI is InChI=1S/C11H15NO/c1-4-8-6-9(5-2)11-10(8)7(3)12-13-11/h4-5,8-11H,1-2,6H2,3H3/t8-,9+,10+,11-/m1/s1. The predicted molar refractivity (Wildman–Crippen MR) is 53.5 cm³/mol. The molecule has 13 heavy (non-hydrogen) atoms. The minimum atomic E-state index is 0.223. The van der Waals surface area contributed by atoms with Gasteiger partial charge in [-0.3, -0.25) is 0 Å². The maximum absolute atomic E-state index is 5.39. The van der Waals surface area contributed by atoms with Crippen molar-refractivity contribution in [3.8, 4) is 0 Å². The van der Waals surface area contributed by atoms with Gasteiger partial charge in [-0.2, -0.15) is 0 Å². The summed E-state index contributed by atoms with van der Waals surface area (Å²) in [6.07, 6.45) is 5.33. The molecule has 0 N–H and O–H groups in total. The van der Waals surface area contributed by atoms with Crippen LogP contribution in [0.3, 0.4) is 0 Å². The van der Waals surface area contributed by atoms with E-state index in [9.17, 15) is 0 Å². The molecule has 1 saturated carbocycles. The largest absolute Gasteiger partial charge is 0.391 e. The third kappa shape index (κ3) is 1.12. The van der Waals surface area contributed by atoms with Crippen molar-refractivity contribution in [3.63, 3.8) is 0 Å². The highest BCUT2D eigenvalue weighted by molar-refractivity contribution is 5.86. The van der Waals surface area contributed by atoms with Gasteiger partial charge in [0.15, 0.2) is 0 Å². The van der Waals surface area contributed by atoms with E-state index in [1.807, 2.05) is 19.1 Å². The normalized spacial score (nSPS) is 42.1. The summed E-state index contributed by atoms with van der Waals surface area (Å²) >= 11 is 0. The Morgan fingerprint density at radius 2 is 2.08 bits per heavy atom. The average Bonchev–Trinajstić information content (AvgIpc) is 2.67. The molecule has 0 aromatic heterocycles. The molecule has 0 radical (unpaired) electrons. The molecule has 0 aromatic carbocycles. The highest BCUT2D eigenvalue weighted by Crippen LogP contribution is 2.43. The number of allylic oxidation sites excluding steroid dienone is 1. The van der Waals surface area contributed by atoms with Crippen LogP contribution in [0.25, 0.3) is 0 Å². The van der Waals surface area contributed by atoms with E-state index in [-0.39, 0.29) is 6.10 Å². The van der Waals surface area contributed by atoms with Crippen LogP contribution in [-0.2, 0) is 4.84 Å². The van der Waals surface area contributed by atoms with Gasteiger partial charge in [-0.15, -0.1) is 13.2 Å². The van der Waals surface area contributed by atoms with Gasteiger partial charge in [0.1, 0.15) is 6.10 Å². The van der Waals surface area contributed by atoms with Crippen LogP contribution in [0, 0.1) is 17.8 Å². The molecule has 1 aliphatic carbocycles. The number of oxime groups is 1. The Morgan fingerprint density at radius 3 is 2.69 bits per heavy atom. The zero-order chi connectivity index (χ0) is 9.42. The Hall–Kier alpha value is -1.05. The molecule has 1 aliphatic heterocycles. The first-order chi connectivity index (χ1) is 6.27. The van der Waals surface area contributed by atoms with Gasteiger partial charge in [0, 0.05) is 11.8 Å². The van der Waals surface area contributed by atoms with Gasteiger partial charge in [0.2, 0.25) is 0 Å². The lowest BCUT2D eigenvalue weighted by Crippen LogP contribution is -2.23. The smallest absolute Gasteiger partial charge is 0.142 e. The van der Waals surface area contributed by atoms with Crippen LogP contribution >= 0.6 is 0 Å². The van der Waals surface area contributed by atoms with Crippen molar-refractivity contribution in [3.05, 3.63) is 25.3 Å². The second-order valence-corrected chi connectivity index (χ2v) is 3.86. The summed E-state index contributed by atoms with van der Waals surface area (Å²) in [5.74, 6) is 1.40. The molecule has 0 aromatic rings. The van der Waals surface area contributed by atoms with Crippen molar-refractivity contribution in [1.82, 2.24) is 0 Å². The second kappa shape index (κ2) is 3.02. The van der Waals surface area contributed by atoms with E-state index in [2.05, 4.69) is 18.3 Å². The van der Waals surface area contributed by atoms with E-state index in [0.29, 0.717) is 17.8 Å². The SMILES string of the molecule is C=C[C@@H]1C[C@H](C=C)[C@H]2ON=C(C)[C@H]21. The van der Waals surface area contributed by atoms with E-state index in [4.69, 9.17) is 4.84 Å². The Balaban J connectivity index is 2.24. The van der Waals surface area contributed by atoms with Crippen LogP contribution in [0.2, 0.25) is 0 Å². The highest BCUT2D eigenvalue weighted by Gasteiger charge is 2.47. The van der Waals surface area contributed by atoms with E-state index in [1.165, 1.54) is 0 Å². The molecule has 0 unspecified atom stereocenters. The number of hydrogen-bond acceptors (Lipinski definition) is 2. The molecular formula is C11H15NO. The molecule has 0 saturated heterocycles. The van der Waals surface area contributed by atoms with Crippen LogP contribution in [-0.4, -0.2) is 11.8 Å². The number of rotatable bonds is 2. The molecule has 1 fully saturated rings. The van der Waals surface area contributed by atoms with Crippen molar-refractivity contribution < 1.29 is 4.84 Å². The molecule has 2 heteroatoms. The Labute approximate surface area is 79.0 Å². The third-order valence-electron chi connectivity index (χ3n) is 3.19. The van der Waals surface area contributed by atoms with Crippen LogP contribution in [0.1, 0.15) is 13.3 Å². The molecule has 70 valence electrons. The van der Waals surface area contributed by atoms with Crippen LogP contribution in [0.4, 0.5) is 0 Å². The first kappa shape index (κ1) is 8.54. The molecule has 2 rings (SSSR count). The van der Waals surface area contributed by atoms with Gasteiger partial charge in [0.05, 0.1) is 5.71 Å². The first-order valence-electron chi connectivity index (χ1n) is 4.73. The summed E-state index contributed by atoms with van der Waals surface area (Å²) in [6.45, 7) is 9.73. The van der Waals surface area contributed by atoms with E-state index in [1.54, 1.807) is 0 Å². The van der Waals surface area contributed by atoms with Crippen molar-refractivity contribution in [2.75, 3.05) is 0 Å². The first-order valence-corrected chi connectivity index (χ1v) is 4.73. The van der Waals surface area contributed by atoms with Gasteiger partial charge in [-0.25, -0.2) is 0 Å². The fraction of sp³-hybridized carbons (Fsp3) is 0.545. The zero-order valence-corrected chi connectivity index (χ0v) is 7.94. The molecule has 1 heterocycles. The quantitative estimate of drug-likeness (QED) is 0.593. The lowest BCUT2D eigenvalue weighted by Gasteiger charge is -2.13. The fourth-order valence-electron chi connectivity index (χ4n) is 2.47. The molecule has 2 nitrogen and oxygen atoms in total. The third-order valence-corrected chi connectivity index (χ3v) is 3.19. The number of hydrogen-bond donors (Lipinski definition) is 0. The summed E-state index contributed by atoms with van der Waals surface area (Å²) in [5, 5.41) is 4.04. The lowest BCUT2D eigenvalue weighted by atomic mass is 9.91. The lowest BCUT2D eigenvalue weighted by molar-refractivity contribution is 0.0528. The summed E-state index contributed by atoms with van der Waals surface area (Å²) in [5.41, 5.74) is 1.11. The van der Waals surface area contributed by atoms with Crippen LogP contribution in [0.5, 0.6) is 0 Å². The maximum atomic E-state index is 5.39. The topological polar surface area (TPSA) is 21.6 Å². The minimum absolute atomic E-state index is 0.223. The maximum Gasteiger partial charge on any atom is 0.142 e. The van der Waals surface area contributed by atoms with Crippen LogP contribution in [0.15, 0.2) is 30.5 Å². The van der Waals surface area contributed by atoms with E-state index in [0.717, 1.165) is 12.1 Å². The molecule has 0 bridgehead atoms. The highest BCUT2D eigenvalue weighted by atomic mass is 16.6. The number of nitrogens with zero attached hydrogens (tertiary/aromatic N) is 1. The van der Waals surface area contributed by atoms with E-state index < -0.39 is 0 Å². The fourth-order valence-corrected chi connectivity index (χ4v) is 2.47. The minimum Gasteiger partial charge on any atom is -0.391 e. The Morgan fingerprint density at radius 1 is 1.38 bits per heavy atom. The van der Waals surface area contributed by atoms with Gasteiger partial charge in [0.25, 0.3) is 0 Å². The van der Waals surface area contributed by atoms with Gasteiger partial charge in [-0.05, 0) is 19.3 Å². The summed E-state index contributed by atoms with van der Waals surface area (Å²) in [4.78, 5) is 5.39. The Kier molecular flexibility index (Phi) is 1.98. The molecule has 0 amide bonds. The molecule has 0 spiro atoms. The van der Waals surface area contributed by atoms with Crippen molar-refractivity contribution >= 4 is 5.71 Å². The summed E-state index contributed by atoms with van der Waals surface area (Å²) in [7, 11) is 0. The van der Waals surface area contributed by atoms with Gasteiger partial charge < -0.3 is 4.84 Å². The van der Waals surface area contributed by atoms with Crippen molar-refractivity contribution in [2.45, 2.75) is 19.4 Å². The van der Waals surface area contributed by atoms with Crippen LogP contribution < -0.4 is 0 Å². The zero-order valence-electron chi connectivity index (χ0n) is 7.94. The predicted octanol–water partition coefficient (Wildman–Crippen LogP) is 2.39. The average molecular weight is 177 g/mol. The summed E-state index contributed by atoms with van der Waals surface area (Å²) < 4.78 is 0. The van der Waals surface area contributed by atoms with Crippen molar-refractivity contribution in [1.29, 1.82) is 0 Å². The molecular weight excluding hydrogens is 162 g/mol. The molecule has 4 atom stereocenters. The van der Waals surface area contributed by atoms with Gasteiger partial charge >= 0.3 is 0 Å².